The second-order valence-electron chi connectivity index (χ2n) is 5.63. The van der Waals surface area contributed by atoms with Crippen LogP contribution in [0.2, 0.25) is 0 Å². The number of benzene rings is 2. The highest BCUT2D eigenvalue weighted by Crippen LogP contribution is 2.27. The van der Waals surface area contributed by atoms with Gasteiger partial charge in [0.15, 0.2) is 0 Å². The molecule has 2 aromatic carbocycles. The maximum atomic E-state index is 12.4. The van der Waals surface area contributed by atoms with E-state index in [1.54, 1.807) is 0 Å². The van der Waals surface area contributed by atoms with Crippen LogP contribution in [0, 0.1) is 19.8 Å². The van der Waals surface area contributed by atoms with Crippen LogP contribution in [0.15, 0.2) is 42.5 Å². The van der Waals surface area contributed by atoms with Crippen molar-refractivity contribution in [2.45, 2.75) is 20.3 Å². The van der Waals surface area contributed by atoms with Gasteiger partial charge in [0.05, 0.1) is 5.92 Å². The molecule has 1 amide bonds. The third-order valence-corrected chi connectivity index (χ3v) is 3.90. The molecule has 0 aromatic heterocycles. The van der Waals surface area contributed by atoms with Crippen LogP contribution >= 0.6 is 0 Å². The van der Waals surface area contributed by atoms with Gasteiger partial charge < -0.3 is 10.1 Å². The molecule has 21 heavy (non-hydrogen) atoms. The largest absolute Gasteiger partial charge is 0.492 e. The van der Waals surface area contributed by atoms with Crippen LogP contribution in [0.1, 0.15) is 16.7 Å². The van der Waals surface area contributed by atoms with Crippen molar-refractivity contribution < 1.29 is 9.53 Å². The zero-order valence-electron chi connectivity index (χ0n) is 12.3. The molecular weight excluding hydrogens is 262 g/mol. The molecule has 0 radical (unpaired) electrons. The Labute approximate surface area is 124 Å². The highest BCUT2D eigenvalue weighted by molar-refractivity contribution is 5.93. The molecule has 3 nitrogen and oxygen atoms in total. The predicted octanol–water partition coefficient (Wildman–Crippen LogP) is 3.49. The van der Waals surface area contributed by atoms with Gasteiger partial charge in [0.2, 0.25) is 5.91 Å². The molecular formula is C18H19NO2. The number of fused-ring (bicyclic) bond motifs is 1. The summed E-state index contributed by atoms with van der Waals surface area (Å²) in [5.74, 6) is 0.784. The summed E-state index contributed by atoms with van der Waals surface area (Å²) in [6.07, 6.45) is 0.729. The zero-order chi connectivity index (χ0) is 14.8. The molecule has 3 heteroatoms. The van der Waals surface area contributed by atoms with Crippen LogP contribution in [-0.2, 0) is 11.2 Å². The Kier molecular flexibility index (Phi) is 3.65. The Morgan fingerprint density at radius 3 is 2.86 bits per heavy atom. The number of ether oxygens (including phenoxy) is 1. The lowest BCUT2D eigenvalue weighted by molar-refractivity contribution is -0.121. The smallest absolute Gasteiger partial charge is 0.231 e. The summed E-state index contributed by atoms with van der Waals surface area (Å²) in [4.78, 5) is 12.4. The van der Waals surface area contributed by atoms with E-state index >= 15 is 0 Å². The Hall–Kier alpha value is -2.29. The average Bonchev–Trinajstić information content (AvgIpc) is 2.50. The molecule has 1 N–H and O–H groups in total. The van der Waals surface area contributed by atoms with Gasteiger partial charge in [-0.1, -0.05) is 30.3 Å². The molecule has 0 unspecified atom stereocenters. The number of hydrogen-bond donors (Lipinski definition) is 1. The second-order valence-corrected chi connectivity index (χ2v) is 5.63. The van der Waals surface area contributed by atoms with E-state index in [4.69, 9.17) is 4.74 Å². The summed E-state index contributed by atoms with van der Waals surface area (Å²) < 4.78 is 5.69. The van der Waals surface area contributed by atoms with Gasteiger partial charge in [-0.25, -0.2) is 0 Å². The van der Waals surface area contributed by atoms with E-state index in [2.05, 4.69) is 5.32 Å². The van der Waals surface area contributed by atoms with Crippen molar-refractivity contribution in [1.82, 2.24) is 0 Å². The number of rotatable bonds is 2. The topological polar surface area (TPSA) is 38.3 Å². The second kappa shape index (κ2) is 5.60. The molecule has 0 bridgehead atoms. The maximum absolute atomic E-state index is 12.4. The summed E-state index contributed by atoms with van der Waals surface area (Å²) in [6, 6.07) is 14.0. The van der Waals surface area contributed by atoms with Crippen molar-refractivity contribution >= 4 is 11.6 Å². The van der Waals surface area contributed by atoms with E-state index in [1.807, 2.05) is 56.3 Å². The minimum atomic E-state index is -0.139. The van der Waals surface area contributed by atoms with Gasteiger partial charge in [-0.05, 0) is 49.1 Å². The van der Waals surface area contributed by atoms with Crippen molar-refractivity contribution in [3.8, 4) is 5.75 Å². The summed E-state index contributed by atoms with van der Waals surface area (Å²) >= 11 is 0. The average molecular weight is 281 g/mol. The number of para-hydroxylation sites is 1. The molecule has 0 aliphatic carbocycles. The summed E-state index contributed by atoms with van der Waals surface area (Å²) in [7, 11) is 0. The number of amides is 1. The number of carbonyl (C=O) groups is 1. The van der Waals surface area contributed by atoms with Crippen LogP contribution < -0.4 is 10.1 Å². The fourth-order valence-corrected chi connectivity index (χ4v) is 2.60. The summed E-state index contributed by atoms with van der Waals surface area (Å²) in [5, 5.41) is 3.03. The van der Waals surface area contributed by atoms with Crippen LogP contribution in [0.5, 0.6) is 5.75 Å². The van der Waals surface area contributed by atoms with E-state index in [0.29, 0.717) is 6.61 Å². The number of anilines is 1. The van der Waals surface area contributed by atoms with Crippen molar-refractivity contribution in [3.05, 3.63) is 59.2 Å². The van der Waals surface area contributed by atoms with E-state index in [9.17, 15) is 4.79 Å². The lowest BCUT2D eigenvalue weighted by Gasteiger charge is -2.24. The highest BCUT2D eigenvalue weighted by atomic mass is 16.5. The molecule has 0 saturated heterocycles. The standard InChI is InChI=1S/C18H19NO2/c1-12-7-8-13(2)16(9-12)19-18(20)15-10-14-5-3-4-6-17(14)21-11-15/h3-9,15H,10-11H2,1-2H3,(H,19,20)/t15-/m0/s1. The first-order valence-corrected chi connectivity index (χ1v) is 7.22. The quantitative estimate of drug-likeness (QED) is 0.915. The van der Waals surface area contributed by atoms with E-state index in [1.165, 1.54) is 0 Å². The molecule has 2 aromatic rings. The fraction of sp³-hybridized carbons (Fsp3) is 0.278. The van der Waals surface area contributed by atoms with Crippen LogP contribution in [0.3, 0.4) is 0 Å². The van der Waals surface area contributed by atoms with E-state index in [0.717, 1.165) is 34.5 Å². The van der Waals surface area contributed by atoms with Crippen LogP contribution in [0.4, 0.5) is 5.69 Å². The van der Waals surface area contributed by atoms with E-state index < -0.39 is 0 Å². The highest BCUT2D eigenvalue weighted by Gasteiger charge is 2.26. The number of nitrogens with one attached hydrogen (secondary N) is 1. The van der Waals surface area contributed by atoms with Crippen molar-refractivity contribution in [2.24, 2.45) is 5.92 Å². The van der Waals surface area contributed by atoms with Gasteiger partial charge in [0.1, 0.15) is 12.4 Å². The zero-order valence-corrected chi connectivity index (χ0v) is 12.3. The summed E-state index contributed by atoms with van der Waals surface area (Å²) in [5.41, 5.74) is 4.20. The van der Waals surface area contributed by atoms with E-state index in [-0.39, 0.29) is 11.8 Å². The van der Waals surface area contributed by atoms with Crippen LogP contribution in [-0.4, -0.2) is 12.5 Å². The van der Waals surface area contributed by atoms with Gasteiger partial charge in [0.25, 0.3) is 0 Å². The van der Waals surface area contributed by atoms with Gasteiger partial charge in [-0.2, -0.15) is 0 Å². The van der Waals surface area contributed by atoms with Crippen molar-refractivity contribution in [2.75, 3.05) is 11.9 Å². The van der Waals surface area contributed by atoms with Gasteiger partial charge in [0, 0.05) is 5.69 Å². The molecule has 3 rings (SSSR count). The van der Waals surface area contributed by atoms with Crippen molar-refractivity contribution in [1.29, 1.82) is 0 Å². The number of aryl methyl sites for hydroxylation is 2. The molecule has 1 aliphatic heterocycles. The van der Waals surface area contributed by atoms with Crippen LogP contribution in [0.25, 0.3) is 0 Å². The van der Waals surface area contributed by atoms with Crippen molar-refractivity contribution in [3.63, 3.8) is 0 Å². The minimum absolute atomic E-state index is 0.0261. The molecule has 0 saturated carbocycles. The first-order chi connectivity index (χ1) is 10.1. The molecule has 1 heterocycles. The monoisotopic (exact) mass is 281 g/mol. The van der Waals surface area contributed by atoms with Gasteiger partial charge >= 0.3 is 0 Å². The Morgan fingerprint density at radius 2 is 2.00 bits per heavy atom. The first kappa shape index (κ1) is 13.7. The SMILES string of the molecule is Cc1ccc(C)c(NC(=O)[C@@H]2COc3ccccc3C2)c1. The number of carbonyl (C=O) groups excluding carboxylic acids is 1. The fourth-order valence-electron chi connectivity index (χ4n) is 2.60. The first-order valence-electron chi connectivity index (χ1n) is 7.22. The lowest BCUT2D eigenvalue weighted by atomic mass is 9.96. The Bertz CT molecular complexity index is 679. The Balaban J connectivity index is 1.74. The summed E-state index contributed by atoms with van der Waals surface area (Å²) in [6.45, 7) is 4.46. The molecule has 0 spiro atoms. The third-order valence-electron chi connectivity index (χ3n) is 3.90. The molecule has 1 aliphatic rings. The Morgan fingerprint density at radius 1 is 1.19 bits per heavy atom. The molecule has 0 fully saturated rings. The molecule has 1 atom stereocenters. The van der Waals surface area contributed by atoms with Gasteiger partial charge in [-0.15, -0.1) is 0 Å². The predicted molar refractivity (Wildman–Crippen MR) is 83.7 cm³/mol. The lowest BCUT2D eigenvalue weighted by Crippen LogP contribution is -2.32. The minimum Gasteiger partial charge on any atom is -0.492 e. The van der Waals surface area contributed by atoms with Gasteiger partial charge in [-0.3, -0.25) is 4.79 Å². The normalized spacial score (nSPS) is 16.8. The third kappa shape index (κ3) is 2.92. The number of hydrogen-bond acceptors (Lipinski definition) is 2. The maximum Gasteiger partial charge on any atom is 0.231 e. The molecule has 108 valence electrons.